The third-order valence-electron chi connectivity index (χ3n) is 6.18. The number of cyclic esters (lactones) is 1. The lowest BCUT2D eigenvalue weighted by Crippen LogP contribution is -2.40. The average Bonchev–Trinajstić information content (AvgIpc) is 2.72. The summed E-state index contributed by atoms with van der Waals surface area (Å²) in [5, 5.41) is 10.2. The Bertz CT molecular complexity index is 1090. The van der Waals surface area contributed by atoms with Crippen molar-refractivity contribution >= 4 is 17.7 Å². The van der Waals surface area contributed by atoms with Crippen molar-refractivity contribution < 1.29 is 33.7 Å². The highest BCUT2D eigenvalue weighted by Gasteiger charge is 2.47. The molecule has 1 aliphatic heterocycles. The minimum Gasteiger partial charge on any atom is -0.495 e. The molecule has 0 saturated heterocycles. The van der Waals surface area contributed by atoms with E-state index in [4.69, 9.17) is 14.2 Å². The first-order valence-electron chi connectivity index (χ1n) is 10.9. The van der Waals surface area contributed by atoms with E-state index in [1.165, 1.54) is 13.2 Å². The molecule has 0 amide bonds. The molecule has 0 bridgehead atoms. The van der Waals surface area contributed by atoms with Crippen LogP contribution in [0.25, 0.3) is 0 Å². The molecule has 7 heteroatoms. The van der Waals surface area contributed by atoms with E-state index in [2.05, 4.69) is 0 Å². The number of ketones is 1. The second kappa shape index (κ2) is 9.25. The predicted octanol–water partition coefficient (Wildman–Crippen LogP) is 4.97. The molecule has 2 unspecified atom stereocenters. The Morgan fingerprint density at radius 3 is 2.61 bits per heavy atom. The monoisotopic (exact) mass is 454 g/mol. The summed E-state index contributed by atoms with van der Waals surface area (Å²) in [5.74, 6) is -2.48. The van der Waals surface area contributed by atoms with Gasteiger partial charge in [0.1, 0.15) is 35.3 Å². The molecule has 0 saturated carbocycles. The molecule has 1 aromatic rings. The van der Waals surface area contributed by atoms with E-state index in [0.29, 0.717) is 5.57 Å². The van der Waals surface area contributed by atoms with Gasteiger partial charge in [0.15, 0.2) is 5.78 Å². The fraction of sp³-hybridized carbons (Fsp3) is 0.423. The number of carboxylic acid groups (broad SMARTS) is 1. The number of carbonyl (C=O) groups excluding carboxylic acids is 2. The Balaban J connectivity index is 2.20. The Morgan fingerprint density at radius 2 is 2.03 bits per heavy atom. The van der Waals surface area contributed by atoms with Gasteiger partial charge in [-0.05, 0) is 31.9 Å². The maximum atomic E-state index is 13.0. The van der Waals surface area contributed by atoms with Crippen molar-refractivity contribution in [1.82, 2.24) is 0 Å². The third kappa shape index (κ3) is 4.32. The quantitative estimate of drug-likeness (QED) is 0.368. The first-order chi connectivity index (χ1) is 15.5. The zero-order valence-corrected chi connectivity index (χ0v) is 19.9. The number of allylic oxidation sites excluding steroid dienone is 3. The van der Waals surface area contributed by atoms with Gasteiger partial charge in [0.25, 0.3) is 0 Å². The number of methoxy groups -OCH3 is 1. The molecule has 1 aromatic carbocycles. The van der Waals surface area contributed by atoms with Crippen LogP contribution in [0.3, 0.4) is 0 Å². The summed E-state index contributed by atoms with van der Waals surface area (Å²) >= 11 is 0. The van der Waals surface area contributed by atoms with E-state index >= 15 is 0 Å². The maximum absolute atomic E-state index is 13.0. The molecule has 2 aliphatic rings. The molecule has 0 radical (unpaired) electrons. The summed E-state index contributed by atoms with van der Waals surface area (Å²) in [6, 6.07) is 3.04. The summed E-state index contributed by atoms with van der Waals surface area (Å²) in [4.78, 5) is 38.2. The molecular weight excluding hydrogens is 424 g/mol. The number of carboxylic acids is 1. The molecule has 7 nitrogen and oxygen atoms in total. The summed E-state index contributed by atoms with van der Waals surface area (Å²) in [6.45, 7) is 9.21. The van der Waals surface area contributed by atoms with Crippen LogP contribution >= 0.6 is 0 Å². The molecule has 0 aromatic heterocycles. The van der Waals surface area contributed by atoms with Gasteiger partial charge in [-0.15, -0.1) is 0 Å². The van der Waals surface area contributed by atoms with Crippen molar-refractivity contribution in [2.75, 3.05) is 13.7 Å². The van der Waals surface area contributed by atoms with Crippen LogP contribution in [-0.4, -0.2) is 36.5 Å². The standard InChI is InChI=1S/C26H30O7/c1-7-10-26(5)15(4)12-16-13-32-25(30)20-19(33-22(16)21(26)24(28)29)9-8-17(23(20)31-6)18(27)11-14(2)3/h7-10,12,14,21H,11,13H2,1-6H3,(H,28,29). The highest BCUT2D eigenvalue weighted by molar-refractivity contribution is 6.05. The molecule has 1 aliphatic carbocycles. The van der Waals surface area contributed by atoms with Gasteiger partial charge in [0.05, 0.1) is 12.7 Å². The van der Waals surface area contributed by atoms with Crippen LogP contribution < -0.4 is 9.47 Å². The number of fused-ring (bicyclic) bond motifs is 1. The number of esters is 1. The Morgan fingerprint density at radius 1 is 1.33 bits per heavy atom. The predicted molar refractivity (Wildman–Crippen MR) is 123 cm³/mol. The van der Waals surface area contributed by atoms with E-state index in [1.54, 1.807) is 6.07 Å². The van der Waals surface area contributed by atoms with Gasteiger partial charge in [-0.25, -0.2) is 4.79 Å². The minimum absolute atomic E-state index is 0.0261. The summed E-state index contributed by atoms with van der Waals surface area (Å²) in [6.07, 6.45) is 5.74. The minimum atomic E-state index is -1.06. The van der Waals surface area contributed by atoms with E-state index < -0.39 is 23.3 Å². The largest absolute Gasteiger partial charge is 0.495 e. The summed E-state index contributed by atoms with van der Waals surface area (Å²) < 4.78 is 17.1. The van der Waals surface area contributed by atoms with Gasteiger partial charge in [0.2, 0.25) is 0 Å². The third-order valence-corrected chi connectivity index (χ3v) is 6.18. The first kappa shape index (κ1) is 24.3. The first-order valence-corrected chi connectivity index (χ1v) is 10.9. The Kier molecular flexibility index (Phi) is 6.81. The van der Waals surface area contributed by atoms with E-state index in [-0.39, 0.29) is 53.1 Å². The van der Waals surface area contributed by atoms with E-state index in [1.807, 2.05) is 52.8 Å². The molecule has 0 spiro atoms. The number of hydrogen-bond donors (Lipinski definition) is 1. The number of hydrogen-bond acceptors (Lipinski definition) is 6. The summed E-state index contributed by atoms with van der Waals surface area (Å²) in [5.41, 5.74) is 0.703. The second-order valence-electron chi connectivity index (χ2n) is 8.99. The van der Waals surface area contributed by atoms with Crippen molar-refractivity contribution in [2.45, 2.75) is 41.0 Å². The lowest BCUT2D eigenvalue weighted by Gasteiger charge is -2.39. The van der Waals surface area contributed by atoms with Crippen molar-refractivity contribution in [3.63, 3.8) is 0 Å². The number of carbonyl (C=O) groups is 3. The van der Waals surface area contributed by atoms with Gasteiger partial charge in [0, 0.05) is 17.4 Å². The van der Waals surface area contributed by atoms with Gasteiger partial charge in [-0.1, -0.05) is 44.6 Å². The summed E-state index contributed by atoms with van der Waals surface area (Å²) in [7, 11) is 1.37. The molecule has 1 heterocycles. The van der Waals surface area contributed by atoms with E-state index in [0.717, 1.165) is 5.57 Å². The topological polar surface area (TPSA) is 99.1 Å². The highest BCUT2D eigenvalue weighted by atomic mass is 16.5. The molecule has 0 fully saturated rings. The van der Waals surface area contributed by atoms with Crippen LogP contribution in [0.4, 0.5) is 0 Å². The molecule has 3 rings (SSSR count). The Hall–Kier alpha value is -3.35. The van der Waals surface area contributed by atoms with Crippen LogP contribution in [0.2, 0.25) is 0 Å². The van der Waals surface area contributed by atoms with Crippen LogP contribution in [0, 0.1) is 17.3 Å². The van der Waals surface area contributed by atoms with Crippen LogP contribution in [-0.2, 0) is 9.53 Å². The maximum Gasteiger partial charge on any atom is 0.346 e. The van der Waals surface area contributed by atoms with Gasteiger partial charge >= 0.3 is 11.9 Å². The van der Waals surface area contributed by atoms with E-state index in [9.17, 15) is 19.5 Å². The van der Waals surface area contributed by atoms with Gasteiger partial charge in [-0.2, -0.15) is 0 Å². The fourth-order valence-corrected chi connectivity index (χ4v) is 4.44. The van der Waals surface area contributed by atoms with Crippen molar-refractivity contribution in [3.8, 4) is 11.5 Å². The number of benzene rings is 1. The zero-order valence-electron chi connectivity index (χ0n) is 19.9. The van der Waals surface area contributed by atoms with Crippen molar-refractivity contribution in [1.29, 1.82) is 0 Å². The molecule has 2 atom stereocenters. The van der Waals surface area contributed by atoms with Gasteiger partial charge in [-0.3, -0.25) is 9.59 Å². The molecule has 33 heavy (non-hydrogen) atoms. The Labute approximate surface area is 193 Å². The van der Waals surface area contributed by atoms with Crippen LogP contribution in [0.1, 0.15) is 61.8 Å². The van der Waals surface area contributed by atoms with Crippen LogP contribution in [0.5, 0.6) is 11.5 Å². The smallest absolute Gasteiger partial charge is 0.346 e. The molecule has 176 valence electrons. The second-order valence-corrected chi connectivity index (χ2v) is 8.99. The highest BCUT2D eigenvalue weighted by Crippen LogP contribution is 2.48. The van der Waals surface area contributed by atoms with Gasteiger partial charge < -0.3 is 19.3 Å². The van der Waals surface area contributed by atoms with Crippen LogP contribution in [0.15, 0.2) is 47.3 Å². The number of rotatable bonds is 6. The number of Topliss-reactive ketones (excluding diaryl/α,β-unsaturated/α-hetero) is 1. The lowest BCUT2D eigenvalue weighted by atomic mass is 9.66. The SMILES string of the molecule is CC=CC1(C)C(C)=CC2=C(Oc3ccc(C(=O)CC(C)C)c(OC)c3C(=O)OC2)C1C(=O)O. The lowest BCUT2D eigenvalue weighted by molar-refractivity contribution is -0.143. The van der Waals surface area contributed by atoms with Crippen molar-refractivity contribution in [3.05, 3.63) is 58.4 Å². The van der Waals surface area contributed by atoms with Crippen molar-refractivity contribution in [2.24, 2.45) is 17.3 Å². The normalized spacial score (nSPS) is 22.6. The zero-order chi connectivity index (χ0) is 24.5. The number of ether oxygens (including phenoxy) is 3. The molecule has 1 N–H and O–H groups in total. The fourth-order valence-electron chi connectivity index (χ4n) is 4.44. The average molecular weight is 455 g/mol. The number of aliphatic carboxylic acids is 1. The molecular formula is C26H30O7.